The molecule has 8 heteroatoms. The van der Waals surface area contributed by atoms with Crippen molar-refractivity contribution in [3.63, 3.8) is 0 Å². The van der Waals surface area contributed by atoms with Gasteiger partial charge in [-0.3, -0.25) is 0 Å². The molecule has 1 aromatic rings. The van der Waals surface area contributed by atoms with Gasteiger partial charge in [0, 0.05) is 31.4 Å². The minimum Gasteiger partial charge on any atom is -0.480 e. The number of amides is 2. The number of carboxylic acid groups (broad SMARTS) is 1. The second-order valence-corrected chi connectivity index (χ2v) is 5.44. The van der Waals surface area contributed by atoms with Crippen molar-refractivity contribution in [1.82, 2.24) is 25.5 Å². The Morgan fingerprint density at radius 3 is 3.00 bits per heavy atom. The fourth-order valence-corrected chi connectivity index (χ4v) is 2.46. The number of carbonyl (C=O) groups excluding carboxylic acids is 1. The van der Waals surface area contributed by atoms with E-state index in [9.17, 15) is 9.59 Å². The average Bonchev–Trinajstić information content (AvgIpc) is 3.07. The molecule has 0 bridgehead atoms. The maximum atomic E-state index is 11.8. The van der Waals surface area contributed by atoms with Crippen LogP contribution in [0, 0.1) is 5.92 Å². The monoisotopic (exact) mass is 295 g/mol. The van der Waals surface area contributed by atoms with Crippen molar-refractivity contribution in [1.29, 1.82) is 0 Å². The number of imidazole rings is 1. The molecule has 2 amide bonds. The third kappa shape index (κ3) is 4.75. The number of urea groups is 1. The number of carbonyl (C=O) groups is 2. The van der Waals surface area contributed by atoms with Crippen LogP contribution in [0.25, 0.3) is 0 Å². The second-order valence-electron chi connectivity index (χ2n) is 5.44. The standard InChI is InChI=1S/C13H21N5O3/c1-18-3-2-9(7-18)5-15-13(21)17-11(12(19)20)4-10-6-14-8-16-10/h6,8-9,11H,2-5,7H2,1H3,(H,14,16)(H,19,20)(H2,15,17,21). The summed E-state index contributed by atoms with van der Waals surface area (Å²) in [7, 11) is 2.05. The predicted molar refractivity (Wildman–Crippen MR) is 75.9 cm³/mol. The molecule has 1 aliphatic heterocycles. The highest BCUT2D eigenvalue weighted by Crippen LogP contribution is 2.12. The number of H-pyrrole nitrogens is 1. The topological polar surface area (TPSA) is 110 Å². The second kappa shape index (κ2) is 7.07. The fraction of sp³-hybridized carbons (Fsp3) is 0.615. The summed E-state index contributed by atoms with van der Waals surface area (Å²) in [5, 5.41) is 14.4. The Kier molecular flexibility index (Phi) is 5.15. The van der Waals surface area contributed by atoms with E-state index in [-0.39, 0.29) is 6.42 Å². The Labute approximate surface area is 122 Å². The van der Waals surface area contributed by atoms with E-state index in [1.807, 2.05) is 7.05 Å². The summed E-state index contributed by atoms with van der Waals surface area (Å²) in [5.74, 6) is -0.642. The molecule has 2 rings (SSSR count). The Bertz CT molecular complexity index is 476. The van der Waals surface area contributed by atoms with Gasteiger partial charge in [0.15, 0.2) is 0 Å². The SMILES string of the molecule is CN1CCC(CNC(=O)NC(Cc2cnc[nH]2)C(=O)O)C1. The fourth-order valence-electron chi connectivity index (χ4n) is 2.46. The first-order valence-electron chi connectivity index (χ1n) is 6.97. The Morgan fingerprint density at radius 1 is 1.62 bits per heavy atom. The van der Waals surface area contributed by atoms with E-state index in [4.69, 9.17) is 5.11 Å². The molecule has 1 saturated heterocycles. The summed E-state index contributed by atoms with van der Waals surface area (Å²) in [5.41, 5.74) is 0.667. The van der Waals surface area contributed by atoms with E-state index >= 15 is 0 Å². The zero-order valence-corrected chi connectivity index (χ0v) is 12.0. The van der Waals surface area contributed by atoms with E-state index < -0.39 is 18.0 Å². The Balaban J connectivity index is 1.77. The first-order chi connectivity index (χ1) is 10.0. The van der Waals surface area contributed by atoms with Gasteiger partial charge in [0.05, 0.1) is 6.33 Å². The number of hydrogen-bond donors (Lipinski definition) is 4. The maximum Gasteiger partial charge on any atom is 0.326 e. The van der Waals surface area contributed by atoms with Gasteiger partial charge in [-0.25, -0.2) is 14.6 Å². The van der Waals surface area contributed by atoms with E-state index in [1.165, 1.54) is 6.33 Å². The zero-order chi connectivity index (χ0) is 15.2. The number of nitrogens with zero attached hydrogens (tertiary/aromatic N) is 2. The van der Waals surface area contributed by atoms with Gasteiger partial charge in [0.2, 0.25) is 0 Å². The molecule has 2 atom stereocenters. The summed E-state index contributed by atoms with van der Waals surface area (Å²) in [4.78, 5) is 31.8. The van der Waals surface area contributed by atoms with E-state index in [1.54, 1.807) is 6.20 Å². The van der Waals surface area contributed by atoms with Crippen molar-refractivity contribution in [2.75, 3.05) is 26.7 Å². The average molecular weight is 295 g/mol. The van der Waals surface area contributed by atoms with Crippen LogP contribution in [0.2, 0.25) is 0 Å². The van der Waals surface area contributed by atoms with Crippen molar-refractivity contribution in [2.45, 2.75) is 18.9 Å². The molecule has 1 aromatic heterocycles. The van der Waals surface area contributed by atoms with Crippen LogP contribution in [-0.4, -0.2) is 64.7 Å². The van der Waals surface area contributed by atoms with Gasteiger partial charge in [-0.15, -0.1) is 0 Å². The van der Waals surface area contributed by atoms with Crippen molar-refractivity contribution < 1.29 is 14.7 Å². The van der Waals surface area contributed by atoms with Gasteiger partial charge in [0.25, 0.3) is 0 Å². The minimum atomic E-state index is -1.07. The molecular weight excluding hydrogens is 274 g/mol. The van der Waals surface area contributed by atoms with Crippen molar-refractivity contribution in [3.05, 3.63) is 18.2 Å². The molecule has 1 fully saturated rings. The van der Waals surface area contributed by atoms with Gasteiger partial charge in [-0.05, 0) is 25.9 Å². The summed E-state index contributed by atoms with van der Waals surface area (Å²) in [6.45, 7) is 2.55. The van der Waals surface area contributed by atoms with Crippen LogP contribution in [0.3, 0.4) is 0 Å². The number of aliphatic carboxylic acids is 1. The van der Waals surface area contributed by atoms with Crippen molar-refractivity contribution in [3.8, 4) is 0 Å². The number of hydrogen-bond acceptors (Lipinski definition) is 4. The molecule has 21 heavy (non-hydrogen) atoms. The van der Waals surface area contributed by atoms with Crippen LogP contribution in [0.4, 0.5) is 4.79 Å². The smallest absolute Gasteiger partial charge is 0.326 e. The number of aromatic amines is 1. The van der Waals surface area contributed by atoms with Crippen LogP contribution >= 0.6 is 0 Å². The van der Waals surface area contributed by atoms with Crippen molar-refractivity contribution in [2.24, 2.45) is 5.92 Å². The lowest BCUT2D eigenvalue weighted by atomic mass is 10.1. The van der Waals surface area contributed by atoms with Gasteiger partial charge in [-0.2, -0.15) is 0 Å². The van der Waals surface area contributed by atoms with Crippen LogP contribution in [0.1, 0.15) is 12.1 Å². The number of nitrogens with one attached hydrogen (secondary N) is 3. The number of carboxylic acids is 1. The lowest BCUT2D eigenvalue weighted by Crippen LogP contribution is -2.48. The molecule has 0 spiro atoms. The van der Waals surface area contributed by atoms with Crippen LogP contribution in [-0.2, 0) is 11.2 Å². The quantitative estimate of drug-likeness (QED) is 0.574. The molecule has 8 nitrogen and oxygen atoms in total. The van der Waals surface area contributed by atoms with Crippen LogP contribution in [0.5, 0.6) is 0 Å². The predicted octanol–water partition coefficient (Wildman–Crippen LogP) is -0.344. The minimum absolute atomic E-state index is 0.176. The van der Waals surface area contributed by atoms with Crippen LogP contribution < -0.4 is 10.6 Å². The zero-order valence-electron chi connectivity index (χ0n) is 12.0. The highest BCUT2D eigenvalue weighted by atomic mass is 16.4. The summed E-state index contributed by atoms with van der Waals surface area (Å²) in [6, 6.07) is -1.42. The van der Waals surface area contributed by atoms with Gasteiger partial charge < -0.3 is 25.6 Å². The number of rotatable bonds is 6. The molecule has 0 aliphatic carbocycles. The molecule has 116 valence electrons. The molecule has 0 radical (unpaired) electrons. The molecule has 4 N–H and O–H groups in total. The summed E-state index contributed by atoms with van der Waals surface area (Å²) < 4.78 is 0. The van der Waals surface area contributed by atoms with E-state index in [0.717, 1.165) is 19.5 Å². The molecule has 1 aliphatic rings. The molecule has 0 saturated carbocycles. The van der Waals surface area contributed by atoms with Crippen molar-refractivity contribution >= 4 is 12.0 Å². The maximum absolute atomic E-state index is 11.8. The first kappa shape index (κ1) is 15.3. The summed E-state index contributed by atoms with van der Waals surface area (Å²) >= 11 is 0. The van der Waals surface area contributed by atoms with Gasteiger partial charge >= 0.3 is 12.0 Å². The first-order valence-corrected chi connectivity index (χ1v) is 6.97. The lowest BCUT2D eigenvalue weighted by molar-refractivity contribution is -0.139. The molecule has 2 unspecified atom stereocenters. The Morgan fingerprint density at radius 2 is 2.43 bits per heavy atom. The van der Waals surface area contributed by atoms with Gasteiger partial charge in [0.1, 0.15) is 6.04 Å². The van der Waals surface area contributed by atoms with E-state index in [2.05, 4.69) is 25.5 Å². The highest BCUT2D eigenvalue weighted by Gasteiger charge is 2.23. The largest absolute Gasteiger partial charge is 0.480 e. The third-order valence-electron chi connectivity index (χ3n) is 3.62. The number of aromatic nitrogens is 2. The normalized spacial score (nSPS) is 20.1. The highest BCUT2D eigenvalue weighted by molar-refractivity contribution is 5.82. The molecular formula is C13H21N5O3. The van der Waals surface area contributed by atoms with Gasteiger partial charge in [-0.1, -0.05) is 0 Å². The number of likely N-dealkylation sites (tertiary alicyclic amines) is 1. The molecule has 0 aromatic carbocycles. The Hall–Kier alpha value is -2.09. The molecule has 2 heterocycles. The summed E-state index contributed by atoms with van der Waals surface area (Å²) in [6.07, 6.45) is 4.25. The lowest BCUT2D eigenvalue weighted by Gasteiger charge is -2.16. The van der Waals surface area contributed by atoms with Crippen LogP contribution in [0.15, 0.2) is 12.5 Å². The third-order valence-corrected chi connectivity index (χ3v) is 3.62. The van der Waals surface area contributed by atoms with E-state index in [0.29, 0.717) is 18.2 Å².